The van der Waals surface area contributed by atoms with Crippen molar-refractivity contribution in [1.29, 1.82) is 0 Å². The Balaban J connectivity index is 1.75. The van der Waals surface area contributed by atoms with E-state index in [-0.39, 0.29) is 17.2 Å². The summed E-state index contributed by atoms with van der Waals surface area (Å²) >= 11 is 0. The van der Waals surface area contributed by atoms with Gasteiger partial charge in [-0.15, -0.1) is 10.2 Å². The molecule has 3 aromatic rings. The van der Waals surface area contributed by atoms with Crippen LogP contribution in [0.5, 0.6) is 5.75 Å². The van der Waals surface area contributed by atoms with Crippen molar-refractivity contribution in [3.8, 4) is 17.2 Å². The standard InChI is InChI=1S/C19H18N2O4/c1-11-7-9-14(10-8-11)18-21-20-17(25-18)13(3)24-19(23)15-6-4-5-12(2)16(15)22/h4-10,13,22H,1-3H3/t13-/m1/s1. The molecule has 1 heterocycles. The van der Waals surface area contributed by atoms with Gasteiger partial charge >= 0.3 is 5.97 Å². The summed E-state index contributed by atoms with van der Waals surface area (Å²) in [5.74, 6) is -0.193. The number of carbonyl (C=O) groups is 1. The third kappa shape index (κ3) is 3.52. The summed E-state index contributed by atoms with van der Waals surface area (Å²) in [5.41, 5.74) is 2.62. The second-order valence-electron chi connectivity index (χ2n) is 5.83. The molecule has 128 valence electrons. The van der Waals surface area contributed by atoms with Crippen molar-refractivity contribution in [2.75, 3.05) is 0 Å². The van der Waals surface area contributed by atoms with E-state index in [1.807, 2.05) is 31.2 Å². The van der Waals surface area contributed by atoms with E-state index in [0.29, 0.717) is 11.5 Å². The van der Waals surface area contributed by atoms with Crippen molar-refractivity contribution in [2.45, 2.75) is 26.9 Å². The maximum atomic E-state index is 12.2. The second-order valence-corrected chi connectivity index (χ2v) is 5.83. The molecule has 1 aromatic heterocycles. The zero-order chi connectivity index (χ0) is 18.0. The molecule has 0 amide bonds. The van der Waals surface area contributed by atoms with Crippen LogP contribution in [0.25, 0.3) is 11.5 Å². The number of hydrogen-bond donors (Lipinski definition) is 1. The van der Waals surface area contributed by atoms with Crippen LogP contribution in [0.15, 0.2) is 46.9 Å². The number of aromatic hydroxyl groups is 1. The molecule has 0 aliphatic carbocycles. The molecule has 1 N–H and O–H groups in total. The Kier molecular flexibility index (Phi) is 4.52. The number of hydrogen-bond acceptors (Lipinski definition) is 6. The Morgan fingerprint density at radius 1 is 1.12 bits per heavy atom. The average molecular weight is 338 g/mol. The molecule has 0 unspecified atom stereocenters. The maximum absolute atomic E-state index is 12.2. The van der Waals surface area contributed by atoms with E-state index in [0.717, 1.165) is 11.1 Å². The number of para-hydroxylation sites is 1. The van der Waals surface area contributed by atoms with E-state index in [9.17, 15) is 9.90 Å². The highest BCUT2D eigenvalue weighted by atomic mass is 16.6. The fraction of sp³-hybridized carbons (Fsp3) is 0.211. The van der Waals surface area contributed by atoms with E-state index in [2.05, 4.69) is 10.2 Å². The van der Waals surface area contributed by atoms with Crippen molar-refractivity contribution in [2.24, 2.45) is 0 Å². The van der Waals surface area contributed by atoms with Gasteiger partial charge in [0, 0.05) is 5.56 Å². The number of aryl methyl sites for hydroxylation is 2. The smallest absolute Gasteiger partial charge is 0.342 e. The van der Waals surface area contributed by atoms with Gasteiger partial charge in [0.15, 0.2) is 6.10 Å². The predicted octanol–water partition coefficient (Wildman–Crippen LogP) is 3.98. The lowest BCUT2D eigenvalue weighted by molar-refractivity contribution is 0.0276. The van der Waals surface area contributed by atoms with E-state index in [1.165, 1.54) is 6.07 Å². The van der Waals surface area contributed by atoms with Gasteiger partial charge in [-0.1, -0.05) is 29.8 Å². The molecule has 2 aromatic carbocycles. The van der Waals surface area contributed by atoms with Crippen LogP contribution >= 0.6 is 0 Å². The van der Waals surface area contributed by atoms with Crippen molar-refractivity contribution < 1.29 is 19.1 Å². The largest absolute Gasteiger partial charge is 0.507 e. The Morgan fingerprint density at radius 2 is 1.84 bits per heavy atom. The minimum Gasteiger partial charge on any atom is -0.507 e. The number of carbonyl (C=O) groups excluding carboxylic acids is 1. The first-order chi connectivity index (χ1) is 12.0. The Hall–Kier alpha value is -3.15. The first kappa shape index (κ1) is 16.7. The molecule has 0 aliphatic heterocycles. The Morgan fingerprint density at radius 3 is 2.56 bits per heavy atom. The van der Waals surface area contributed by atoms with Crippen LogP contribution < -0.4 is 0 Å². The summed E-state index contributed by atoms with van der Waals surface area (Å²) in [6, 6.07) is 12.6. The monoisotopic (exact) mass is 338 g/mol. The van der Waals surface area contributed by atoms with Crippen LogP contribution in [0.2, 0.25) is 0 Å². The van der Waals surface area contributed by atoms with Crippen molar-refractivity contribution in [3.63, 3.8) is 0 Å². The summed E-state index contributed by atoms with van der Waals surface area (Å²) in [5, 5.41) is 17.9. The fourth-order valence-corrected chi connectivity index (χ4v) is 2.31. The molecule has 6 nitrogen and oxygen atoms in total. The van der Waals surface area contributed by atoms with Gasteiger partial charge in [-0.2, -0.15) is 0 Å². The topological polar surface area (TPSA) is 85.5 Å². The zero-order valence-corrected chi connectivity index (χ0v) is 14.2. The van der Waals surface area contributed by atoms with Gasteiger partial charge in [-0.3, -0.25) is 0 Å². The van der Waals surface area contributed by atoms with Crippen LogP contribution in [0, 0.1) is 13.8 Å². The van der Waals surface area contributed by atoms with Gasteiger partial charge < -0.3 is 14.3 Å². The number of phenols is 1. The van der Waals surface area contributed by atoms with Crippen LogP contribution in [0.1, 0.15) is 40.4 Å². The van der Waals surface area contributed by atoms with Gasteiger partial charge in [0.1, 0.15) is 11.3 Å². The lowest BCUT2D eigenvalue weighted by Crippen LogP contribution is -2.10. The summed E-state index contributed by atoms with van der Waals surface area (Å²) in [7, 11) is 0. The lowest BCUT2D eigenvalue weighted by Gasteiger charge is -2.11. The molecule has 0 radical (unpaired) electrons. The molecule has 0 saturated carbocycles. The van der Waals surface area contributed by atoms with E-state index in [1.54, 1.807) is 26.0 Å². The van der Waals surface area contributed by atoms with Crippen molar-refractivity contribution in [3.05, 3.63) is 65.0 Å². The third-order valence-corrected chi connectivity index (χ3v) is 3.83. The molecule has 3 rings (SSSR count). The number of aromatic nitrogens is 2. The number of rotatable bonds is 4. The van der Waals surface area contributed by atoms with Crippen LogP contribution in [0.4, 0.5) is 0 Å². The van der Waals surface area contributed by atoms with E-state index in [4.69, 9.17) is 9.15 Å². The van der Waals surface area contributed by atoms with E-state index < -0.39 is 12.1 Å². The maximum Gasteiger partial charge on any atom is 0.342 e. The van der Waals surface area contributed by atoms with Crippen LogP contribution in [-0.2, 0) is 4.74 Å². The Labute approximate surface area is 145 Å². The molecule has 0 fully saturated rings. The van der Waals surface area contributed by atoms with Crippen molar-refractivity contribution in [1.82, 2.24) is 10.2 Å². The van der Waals surface area contributed by atoms with E-state index >= 15 is 0 Å². The van der Waals surface area contributed by atoms with Gasteiger partial charge in [-0.25, -0.2) is 4.79 Å². The zero-order valence-electron chi connectivity index (χ0n) is 14.2. The summed E-state index contributed by atoms with van der Waals surface area (Å²) in [4.78, 5) is 12.2. The molecule has 25 heavy (non-hydrogen) atoms. The van der Waals surface area contributed by atoms with Gasteiger partial charge in [0.05, 0.1) is 0 Å². The highest BCUT2D eigenvalue weighted by molar-refractivity contribution is 5.92. The quantitative estimate of drug-likeness (QED) is 0.724. The van der Waals surface area contributed by atoms with Gasteiger partial charge in [0.2, 0.25) is 5.89 Å². The third-order valence-electron chi connectivity index (χ3n) is 3.83. The highest BCUT2D eigenvalue weighted by Gasteiger charge is 2.22. The van der Waals surface area contributed by atoms with Gasteiger partial charge in [-0.05, 0) is 44.5 Å². The summed E-state index contributed by atoms with van der Waals surface area (Å²) < 4.78 is 10.9. The number of nitrogens with zero attached hydrogens (tertiary/aromatic N) is 2. The average Bonchev–Trinajstić information content (AvgIpc) is 3.08. The lowest BCUT2D eigenvalue weighted by atomic mass is 10.1. The molecule has 0 bridgehead atoms. The molecular weight excluding hydrogens is 320 g/mol. The normalized spacial score (nSPS) is 12.0. The highest BCUT2D eigenvalue weighted by Crippen LogP contribution is 2.26. The summed E-state index contributed by atoms with van der Waals surface area (Å²) in [6.45, 7) is 5.34. The van der Waals surface area contributed by atoms with Crippen molar-refractivity contribution >= 4 is 5.97 Å². The Bertz CT molecular complexity index is 900. The minimum atomic E-state index is -0.737. The number of ether oxygens (including phenoxy) is 1. The van der Waals surface area contributed by atoms with Gasteiger partial charge in [0.25, 0.3) is 5.89 Å². The summed E-state index contributed by atoms with van der Waals surface area (Å²) in [6.07, 6.45) is -0.737. The SMILES string of the molecule is Cc1ccc(-c2nnc([C@@H](C)OC(=O)c3cccc(C)c3O)o2)cc1. The molecule has 0 saturated heterocycles. The first-order valence-corrected chi connectivity index (χ1v) is 7.85. The van der Waals surface area contributed by atoms with Crippen LogP contribution in [-0.4, -0.2) is 21.3 Å². The molecule has 1 atom stereocenters. The number of esters is 1. The molecule has 0 aliphatic rings. The predicted molar refractivity (Wildman–Crippen MR) is 91.1 cm³/mol. The second kappa shape index (κ2) is 6.76. The molecule has 6 heteroatoms. The first-order valence-electron chi connectivity index (χ1n) is 7.85. The fourth-order valence-electron chi connectivity index (χ4n) is 2.31. The molecule has 0 spiro atoms. The molecular formula is C19H18N2O4. The minimum absolute atomic E-state index is 0.0921. The number of phenolic OH excluding ortho intramolecular Hbond substituents is 1. The number of benzene rings is 2. The van der Waals surface area contributed by atoms with Crippen LogP contribution in [0.3, 0.4) is 0 Å².